The van der Waals surface area contributed by atoms with Gasteiger partial charge in [0, 0.05) is 11.6 Å². The zero-order valence-corrected chi connectivity index (χ0v) is 9.79. The molecule has 1 aliphatic heterocycles. The minimum Gasteiger partial charge on any atom is -0.461 e. The van der Waals surface area contributed by atoms with E-state index < -0.39 is 0 Å². The molecule has 3 heteroatoms. The highest BCUT2D eigenvalue weighted by Crippen LogP contribution is 2.14. The third-order valence-corrected chi connectivity index (χ3v) is 2.88. The van der Waals surface area contributed by atoms with Gasteiger partial charge in [-0.25, -0.2) is 4.79 Å². The van der Waals surface area contributed by atoms with Crippen molar-refractivity contribution in [1.29, 1.82) is 0 Å². The van der Waals surface area contributed by atoms with Crippen LogP contribution >= 0.6 is 0 Å². The number of carbonyl (C=O) groups is 1. The SMILES string of the molecule is C=C(C)C(=O)OCC(CC)N1CCCC1. The zero-order chi connectivity index (χ0) is 11.3. The van der Waals surface area contributed by atoms with Gasteiger partial charge in [-0.15, -0.1) is 0 Å². The number of likely N-dealkylation sites (tertiary alicyclic amines) is 1. The fourth-order valence-corrected chi connectivity index (χ4v) is 1.88. The summed E-state index contributed by atoms with van der Waals surface area (Å²) in [4.78, 5) is 13.6. The van der Waals surface area contributed by atoms with Crippen LogP contribution in [0.25, 0.3) is 0 Å². The summed E-state index contributed by atoms with van der Waals surface area (Å²) in [5, 5.41) is 0. The molecule has 3 nitrogen and oxygen atoms in total. The standard InChI is InChI=1S/C12H21NO2/c1-4-11(13-7-5-6-8-13)9-15-12(14)10(2)3/h11H,2,4-9H2,1,3H3. The van der Waals surface area contributed by atoms with Crippen LogP contribution in [0.15, 0.2) is 12.2 Å². The summed E-state index contributed by atoms with van der Waals surface area (Å²) in [7, 11) is 0. The fraction of sp³-hybridized carbons (Fsp3) is 0.750. The van der Waals surface area contributed by atoms with Gasteiger partial charge in [0.15, 0.2) is 0 Å². The van der Waals surface area contributed by atoms with Crippen molar-refractivity contribution in [3.05, 3.63) is 12.2 Å². The Kier molecular flexibility index (Phi) is 4.82. The summed E-state index contributed by atoms with van der Waals surface area (Å²) < 4.78 is 5.19. The van der Waals surface area contributed by atoms with Gasteiger partial charge in [-0.2, -0.15) is 0 Å². The molecule has 1 unspecified atom stereocenters. The first-order valence-corrected chi connectivity index (χ1v) is 5.71. The van der Waals surface area contributed by atoms with E-state index in [1.54, 1.807) is 6.92 Å². The van der Waals surface area contributed by atoms with E-state index in [4.69, 9.17) is 4.74 Å². The van der Waals surface area contributed by atoms with Gasteiger partial charge in [0.1, 0.15) is 6.61 Å². The normalized spacial score (nSPS) is 18.8. The van der Waals surface area contributed by atoms with E-state index in [2.05, 4.69) is 18.4 Å². The molecule has 0 spiro atoms. The second-order valence-electron chi connectivity index (χ2n) is 4.18. The lowest BCUT2D eigenvalue weighted by Crippen LogP contribution is -2.36. The second-order valence-corrected chi connectivity index (χ2v) is 4.18. The maximum absolute atomic E-state index is 11.2. The molecule has 0 amide bonds. The average molecular weight is 211 g/mol. The molecule has 0 aromatic heterocycles. The molecule has 0 bridgehead atoms. The van der Waals surface area contributed by atoms with E-state index in [1.807, 2.05) is 0 Å². The smallest absolute Gasteiger partial charge is 0.333 e. The van der Waals surface area contributed by atoms with Crippen molar-refractivity contribution in [2.75, 3.05) is 19.7 Å². The van der Waals surface area contributed by atoms with Crippen LogP contribution in [0.1, 0.15) is 33.1 Å². The number of rotatable bonds is 5. The van der Waals surface area contributed by atoms with E-state index in [0.717, 1.165) is 19.5 Å². The molecule has 15 heavy (non-hydrogen) atoms. The average Bonchev–Trinajstić information content (AvgIpc) is 2.71. The Bertz CT molecular complexity index is 232. The summed E-state index contributed by atoms with van der Waals surface area (Å²) in [6.45, 7) is 10.2. The lowest BCUT2D eigenvalue weighted by Gasteiger charge is -2.25. The number of ether oxygens (including phenoxy) is 1. The summed E-state index contributed by atoms with van der Waals surface area (Å²) in [6.07, 6.45) is 3.57. The van der Waals surface area contributed by atoms with Crippen LogP contribution in [0.2, 0.25) is 0 Å². The van der Waals surface area contributed by atoms with Gasteiger partial charge in [-0.1, -0.05) is 13.5 Å². The Balaban J connectivity index is 2.33. The van der Waals surface area contributed by atoms with E-state index in [1.165, 1.54) is 12.8 Å². The van der Waals surface area contributed by atoms with Gasteiger partial charge in [-0.3, -0.25) is 4.90 Å². The topological polar surface area (TPSA) is 29.5 Å². The number of esters is 1. The van der Waals surface area contributed by atoms with Crippen LogP contribution in [0.4, 0.5) is 0 Å². The Labute approximate surface area is 92.1 Å². The molecular weight excluding hydrogens is 190 g/mol. The van der Waals surface area contributed by atoms with Gasteiger partial charge < -0.3 is 4.74 Å². The predicted molar refractivity (Wildman–Crippen MR) is 60.7 cm³/mol. The molecule has 1 saturated heterocycles. The van der Waals surface area contributed by atoms with Crippen molar-refractivity contribution >= 4 is 5.97 Å². The maximum atomic E-state index is 11.2. The second kappa shape index (κ2) is 5.91. The molecule has 0 aliphatic carbocycles. The Morgan fingerprint density at radius 2 is 2.07 bits per heavy atom. The van der Waals surface area contributed by atoms with Crippen molar-refractivity contribution < 1.29 is 9.53 Å². The lowest BCUT2D eigenvalue weighted by atomic mass is 10.2. The van der Waals surface area contributed by atoms with Crippen LogP contribution in [0.3, 0.4) is 0 Å². The molecule has 1 fully saturated rings. The monoisotopic (exact) mass is 211 g/mol. The van der Waals surface area contributed by atoms with E-state index >= 15 is 0 Å². The van der Waals surface area contributed by atoms with Crippen molar-refractivity contribution in [3.63, 3.8) is 0 Å². The van der Waals surface area contributed by atoms with E-state index in [0.29, 0.717) is 18.2 Å². The highest BCUT2D eigenvalue weighted by molar-refractivity contribution is 5.86. The van der Waals surface area contributed by atoms with Crippen LogP contribution in [0.5, 0.6) is 0 Å². The van der Waals surface area contributed by atoms with Crippen LogP contribution in [-0.4, -0.2) is 36.6 Å². The molecule has 0 radical (unpaired) electrons. The quantitative estimate of drug-likeness (QED) is 0.514. The summed E-state index contributed by atoms with van der Waals surface area (Å²) in [5.74, 6) is -0.271. The third-order valence-electron chi connectivity index (χ3n) is 2.88. The zero-order valence-electron chi connectivity index (χ0n) is 9.79. The van der Waals surface area contributed by atoms with Gasteiger partial charge in [0.25, 0.3) is 0 Å². The number of carbonyl (C=O) groups excluding carboxylic acids is 1. The molecule has 1 heterocycles. The van der Waals surface area contributed by atoms with Gasteiger partial charge >= 0.3 is 5.97 Å². The Morgan fingerprint density at radius 1 is 1.47 bits per heavy atom. The molecule has 0 saturated carbocycles. The molecular formula is C12H21NO2. The van der Waals surface area contributed by atoms with Crippen molar-refractivity contribution in [2.45, 2.75) is 39.2 Å². The molecule has 0 aromatic rings. The summed E-state index contributed by atoms with van der Waals surface area (Å²) in [5.41, 5.74) is 0.478. The Morgan fingerprint density at radius 3 is 2.53 bits per heavy atom. The molecule has 0 N–H and O–H groups in total. The van der Waals surface area contributed by atoms with Crippen LogP contribution in [0, 0.1) is 0 Å². The number of hydrogen-bond acceptors (Lipinski definition) is 3. The molecule has 1 aliphatic rings. The van der Waals surface area contributed by atoms with Gasteiger partial charge in [0.05, 0.1) is 0 Å². The highest BCUT2D eigenvalue weighted by Gasteiger charge is 2.21. The van der Waals surface area contributed by atoms with Crippen LogP contribution < -0.4 is 0 Å². The first kappa shape index (κ1) is 12.2. The minimum atomic E-state index is -0.271. The largest absolute Gasteiger partial charge is 0.461 e. The predicted octanol–water partition coefficient (Wildman–Crippen LogP) is 1.98. The summed E-state index contributed by atoms with van der Waals surface area (Å²) in [6, 6.07) is 0.385. The Hall–Kier alpha value is -0.830. The molecule has 86 valence electrons. The first-order valence-electron chi connectivity index (χ1n) is 5.71. The van der Waals surface area contributed by atoms with Gasteiger partial charge in [0.2, 0.25) is 0 Å². The molecule has 1 atom stereocenters. The van der Waals surface area contributed by atoms with Crippen molar-refractivity contribution in [1.82, 2.24) is 4.90 Å². The lowest BCUT2D eigenvalue weighted by molar-refractivity contribution is -0.140. The minimum absolute atomic E-state index is 0.271. The number of nitrogens with zero attached hydrogens (tertiary/aromatic N) is 1. The molecule has 0 aromatic carbocycles. The third kappa shape index (κ3) is 3.67. The summed E-state index contributed by atoms with van der Waals surface area (Å²) >= 11 is 0. The fourth-order valence-electron chi connectivity index (χ4n) is 1.88. The molecule has 1 rings (SSSR count). The first-order chi connectivity index (χ1) is 7.15. The van der Waals surface area contributed by atoms with E-state index in [-0.39, 0.29) is 5.97 Å². The van der Waals surface area contributed by atoms with E-state index in [9.17, 15) is 4.79 Å². The maximum Gasteiger partial charge on any atom is 0.333 e. The van der Waals surface area contributed by atoms with Crippen LogP contribution in [-0.2, 0) is 9.53 Å². The highest BCUT2D eigenvalue weighted by atomic mass is 16.5. The van der Waals surface area contributed by atoms with Crippen molar-refractivity contribution in [3.8, 4) is 0 Å². The number of hydrogen-bond donors (Lipinski definition) is 0. The van der Waals surface area contributed by atoms with Gasteiger partial charge in [-0.05, 0) is 39.3 Å². The van der Waals surface area contributed by atoms with Crippen molar-refractivity contribution in [2.24, 2.45) is 0 Å².